The molecule has 9 heteroatoms. The minimum atomic E-state index is 0.326. The minimum absolute atomic E-state index is 0.326. The summed E-state index contributed by atoms with van der Waals surface area (Å²) in [6.45, 7) is 0. The maximum absolute atomic E-state index is 6.45. The van der Waals surface area contributed by atoms with E-state index in [2.05, 4.69) is 20.3 Å². The zero-order chi connectivity index (χ0) is 19.4. The second kappa shape index (κ2) is 8.65. The van der Waals surface area contributed by atoms with Crippen LogP contribution in [0.15, 0.2) is 41.8 Å². The summed E-state index contributed by atoms with van der Waals surface area (Å²) in [5.74, 6) is 1.41. The Labute approximate surface area is 171 Å². The van der Waals surface area contributed by atoms with Gasteiger partial charge < -0.3 is 14.8 Å². The Morgan fingerprint density at radius 1 is 1.00 bits per heavy atom. The lowest BCUT2D eigenvalue weighted by Gasteiger charge is -2.17. The second-order valence-corrected chi connectivity index (χ2v) is 6.84. The highest BCUT2D eigenvalue weighted by Crippen LogP contribution is 2.45. The van der Waals surface area contributed by atoms with Crippen LogP contribution in [-0.4, -0.2) is 35.4 Å². The summed E-state index contributed by atoms with van der Waals surface area (Å²) in [6, 6.07) is 7.25. The first-order valence-electron chi connectivity index (χ1n) is 7.77. The Bertz CT molecular complexity index is 944. The first-order valence-corrected chi connectivity index (χ1v) is 9.75. The van der Waals surface area contributed by atoms with Gasteiger partial charge in [-0.2, -0.15) is 0 Å². The standard InChI is InChI=1S/C18H16Cl2N4O2S/c1-25-12-8-13(26-2)16(20)17(15(12)19)24-18-10(5-4-6-21-18)11-7-14(27-3)23-9-22-11/h4-9H,1-3H3,(H,21,24). The van der Waals surface area contributed by atoms with Crippen molar-refractivity contribution in [1.82, 2.24) is 15.0 Å². The van der Waals surface area contributed by atoms with Crippen LogP contribution in [0.25, 0.3) is 11.3 Å². The largest absolute Gasteiger partial charge is 0.495 e. The molecular weight excluding hydrogens is 407 g/mol. The maximum Gasteiger partial charge on any atom is 0.143 e. The molecule has 1 aromatic carbocycles. The van der Waals surface area contributed by atoms with Gasteiger partial charge in [-0.3, -0.25) is 0 Å². The number of ether oxygens (including phenoxy) is 2. The Morgan fingerprint density at radius 2 is 1.70 bits per heavy atom. The number of thioether (sulfide) groups is 1. The fourth-order valence-electron chi connectivity index (χ4n) is 2.42. The Kier molecular flexibility index (Phi) is 6.26. The summed E-state index contributed by atoms with van der Waals surface area (Å²) < 4.78 is 10.6. The number of hydrogen-bond acceptors (Lipinski definition) is 7. The van der Waals surface area contributed by atoms with Gasteiger partial charge in [0.25, 0.3) is 0 Å². The number of pyridine rings is 1. The molecule has 0 amide bonds. The van der Waals surface area contributed by atoms with Crippen molar-refractivity contribution in [1.29, 1.82) is 0 Å². The quantitative estimate of drug-likeness (QED) is 0.425. The SMILES string of the molecule is COc1cc(OC)c(Cl)c(Nc2ncccc2-c2cc(SC)ncn2)c1Cl. The third-order valence-electron chi connectivity index (χ3n) is 3.75. The number of halogens is 2. The summed E-state index contributed by atoms with van der Waals surface area (Å²) in [7, 11) is 3.05. The van der Waals surface area contributed by atoms with Gasteiger partial charge in [-0.25, -0.2) is 15.0 Å². The molecule has 0 atom stereocenters. The molecule has 0 fully saturated rings. The maximum atomic E-state index is 6.45. The average molecular weight is 423 g/mol. The van der Waals surface area contributed by atoms with Crippen molar-refractivity contribution in [3.05, 3.63) is 46.8 Å². The number of anilines is 2. The molecule has 2 heterocycles. The highest BCUT2D eigenvalue weighted by Gasteiger charge is 2.19. The average Bonchev–Trinajstić information content (AvgIpc) is 2.71. The molecule has 0 radical (unpaired) electrons. The van der Waals surface area contributed by atoms with Gasteiger partial charge >= 0.3 is 0 Å². The summed E-state index contributed by atoms with van der Waals surface area (Å²) >= 11 is 14.4. The van der Waals surface area contributed by atoms with Gasteiger partial charge in [0, 0.05) is 17.8 Å². The number of methoxy groups -OCH3 is 2. The highest BCUT2D eigenvalue weighted by atomic mass is 35.5. The number of nitrogens with zero attached hydrogens (tertiary/aromatic N) is 3. The van der Waals surface area contributed by atoms with Gasteiger partial charge in [-0.15, -0.1) is 11.8 Å². The van der Waals surface area contributed by atoms with Crippen LogP contribution in [0.5, 0.6) is 11.5 Å². The van der Waals surface area contributed by atoms with Crippen LogP contribution in [-0.2, 0) is 0 Å². The number of nitrogens with one attached hydrogen (secondary N) is 1. The van der Waals surface area contributed by atoms with E-state index in [1.54, 1.807) is 12.3 Å². The van der Waals surface area contributed by atoms with Gasteiger partial charge in [0.1, 0.15) is 33.7 Å². The normalized spacial score (nSPS) is 10.6. The van der Waals surface area contributed by atoms with Gasteiger partial charge in [-0.1, -0.05) is 23.2 Å². The third kappa shape index (κ3) is 4.05. The number of aromatic nitrogens is 3. The van der Waals surface area contributed by atoms with E-state index in [1.807, 2.05) is 24.5 Å². The highest BCUT2D eigenvalue weighted by molar-refractivity contribution is 7.98. The first-order chi connectivity index (χ1) is 13.1. The Morgan fingerprint density at radius 3 is 2.33 bits per heavy atom. The van der Waals surface area contributed by atoms with Crippen LogP contribution in [0.4, 0.5) is 11.5 Å². The van der Waals surface area contributed by atoms with E-state index in [-0.39, 0.29) is 0 Å². The predicted molar refractivity (Wildman–Crippen MR) is 110 cm³/mol. The summed E-state index contributed by atoms with van der Waals surface area (Å²) in [4.78, 5) is 13.0. The lowest BCUT2D eigenvalue weighted by atomic mass is 10.1. The molecule has 1 N–H and O–H groups in total. The molecule has 0 saturated carbocycles. The molecule has 3 rings (SSSR count). The molecule has 2 aromatic heterocycles. The van der Waals surface area contributed by atoms with Crippen LogP contribution >= 0.6 is 35.0 Å². The molecule has 0 saturated heterocycles. The van der Waals surface area contributed by atoms with E-state index in [4.69, 9.17) is 32.7 Å². The summed E-state index contributed by atoms with van der Waals surface area (Å²) in [5.41, 5.74) is 1.95. The molecule has 3 aromatic rings. The number of benzene rings is 1. The van der Waals surface area contributed by atoms with Crippen LogP contribution in [0.1, 0.15) is 0 Å². The van der Waals surface area contributed by atoms with Crippen LogP contribution in [0, 0.1) is 0 Å². The molecule has 0 aliphatic carbocycles. The van der Waals surface area contributed by atoms with Crippen LogP contribution in [0.3, 0.4) is 0 Å². The minimum Gasteiger partial charge on any atom is -0.495 e. The van der Waals surface area contributed by atoms with Crippen molar-refractivity contribution in [2.75, 3.05) is 25.8 Å². The van der Waals surface area contributed by atoms with E-state index in [9.17, 15) is 0 Å². The molecule has 6 nitrogen and oxygen atoms in total. The lowest BCUT2D eigenvalue weighted by Crippen LogP contribution is -2.01. The van der Waals surface area contributed by atoms with Crippen molar-refractivity contribution in [2.24, 2.45) is 0 Å². The second-order valence-electron chi connectivity index (χ2n) is 5.25. The summed E-state index contributed by atoms with van der Waals surface area (Å²) in [6.07, 6.45) is 5.14. The van der Waals surface area contributed by atoms with E-state index in [0.717, 1.165) is 16.3 Å². The van der Waals surface area contributed by atoms with Crippen molar-refractivity contribution < 1.29 is 9.47 Å². The van der Waals surface area contributed by atoms with Gasteiger partial charge in [-0.05, 0) is 24.5 Å². The zero-order valence-electron chi connectivity index (χ0n) is 14.8. The first kappa shape index (κ1) is 19.5. The molecule has 0 bridgehead atoms. The molecule has 0 aliphatic heterocycles. The molecule has 0 spiro atoms. The number of rotatable bonds is 6. The fourth-order valence-corrected chi connectivity index (χ4v) is 3.40. The van der Waals surface area contributed by atoms with Crippen molar-refractivity contribution in [3.8, 4) is 22.8 Å². The van der Waals surface area contributed by atoms with Crippen molar-refractivity contribution in [2.45, 2.75) is 5.03 Å². The van der Waals surface area contributed by atoms with Crippen molar-refractivity contribution in [3.63, 3.8) is 0 Å². The predicted octanol–water partition coefficient (Wildman–Crippen LogP) is 5.33. The topological polar surface area (TPSA) is 69.2 Å². The molecule has 0 unspecified atom stereocenters. The van der Waals surface area contributed by atoms with Crippen molar-refractivity contribution >= 4 is 46.5 Å². The Balaban J connectivity index is 2.10. The molecule has 0 aliphatic rings. The van der Waals surface area contributed by atoms with Crippen LogP contribution < -0.4 is 14.8 Å². The van der Waals surface area contributed by atoms with E-state index >= 15 is 0 Å². The van der Waals surface area contributed by atoms with Crippen LogP contribution in [0.2, 0.25) is 10.0 Å². The van der Waals surface area contributed by atoms with E-state index < -0.39 is 0 Å². The van der Waals surface area contributed by atoms with Gasteiger partial charge in [0.05, 0.1) is 30.6 Å². The van der Waals surface area contributed by atoms with E-state index in [0.29, 0.717) is 33.0 Å². The van der Waals surface area contributed by atoms with Gasteiger partial charge in [0.15, 0.2) is 0 Å². The Hall–Kier alpha value is -2.22. The third-order valence-corrected chi connectivity index (χ3v) is 5.14. The van der Waals surface area contributed by atoms with E-state index in [1.165, 1.54) is 32.3 Å². The zero-order valence-corrected chi connectivity index (χ0v) is 17.1. The number of hydrogen-bond donors (Lipinski definition) is 1. The molecule has 140 valence electrons. The fraction of sp³-hybridized carbons (Fsp3) is 0.167. The summed E-state index contributed by atoms with van der Waals surface area (Å²) in [5, 5.41) is 4.70. The lowest BCUT2D eigenvalue weighted by molar-refractivity contribution is 0.395. The molecule has 27 heavy (non-hydrogen) atoms. The van der Waals surface area contributed by atoms with Gasteiger partial charge in [0.2, 0.25) is 0 Å². The molecular formula is C18H16Cl2N4O2S. The monoisotopic (exact) mass is 422 g/mol. The smallest absolute Gasteiger partial charge is 0.143 e.